The van der Waals surface area contributed by atoms with Crippen LogP contribution in [0.25, 0.3) is 0 Å². The molecule has 0 aromatic carbocycles. The van der Waals surface area contributed by atoms with Gasteiger partial charge in [0.05, 0.1) is 6.42 Å². The van der Waals surface area contributed by atoms with E-state index in [0.29, 0.717) is 30.9 Å². The van der Waals surface area contributed by atoms with Gasteiger partial charge in [0.25, 0.3) is 11.8 Å². The summed E-state index contributed by atoms with van der Waals surface area (Å²) in [6.07, 6.45) is 10.3. The summed E-state index contributed by atoms with van der Waals surface area (Å²) in [5.74, 6) is -2.63. The average Bonchev–Trinajstić information content (AvgIpc) is 3.47. The summed E-state index contributed by atoms with van der Waals surface area (Å²) in [6, 6.07) is -0.873. The van der Waals surface area contributed by atoms with Crippen molar-refractivity contribution in [2.75, 3.05) is 13.1 Å². The lowest BCUT2D eigenvalue weighted by atomic mass is 9.88. The van der Waals surface area contributed by atoms with E-state index in [2.05, 4.69) is 21.3 Å². The molecule has 13 heteroatoms. The molecule has 0 spiro atoms. The summed E-state index contributed by atoms with van der Waals surface area (Å²) in [5, 5.41) is 11.8. The van der Waals surface area contributed by atoms with Gasteiger partial charge in [0.2, 0.25) is 11.8 Å². The first kappa shape index (κ1) is 32.4. The number of hydrogen-bond acceptors (Lipinski definition) is 9. The van der Waals surface area contributed by atoms with Crippen molar-refractivity contribution in [1.29, 1.82) is 0 Å². The molecular weight excluding hydrogens is 546 g/mol. The smallest absolute Gasteiger partial charge is 0.407 e. The summed E-state index contributed by atoms with van der Waals surface area (Å²) in [6.45, 7) is 5.69. The Morgan fingerprint density at radius 2 is 1.76 bits per heavy atom. The highest BCUT2D eigenvalue weighted by Crippen LogP contribution is 2.33. The molecular formula is C29H41N5O8. The number of imide groups is 1. The lowest BCUT2D eigenvalue weighted by Crippen LogP contribution is -2.47. The van der Waals surface area contributed by atoms with E-state index in [-0.39, 0.29) is 50.5 Å². The highest BCUT2D eigenvalue weighted by molar-refractivity contribution is 6.01. The Morgan fingerprint density at radius 3 is 2.48 bits per heavy atom. The van der Waals surface area contributed by atoms with E-state index >= 15 is 0 Å². The Bertz CT molecular complexity index is 1140. The molecule has 4 N–H and O–H groups in total. The molecule has 42 heavy (non-hydrogen) atoms. The number of rotatable bonds is 14. The van der Waals surface area contributed by atoms with E-state index in [1.165, 1.54) is 0 Å². The number of nitrogens with one attached hydrogen (secondary N) is 4. The van der Waals surface area contributed by atoms with Crippen molar-refractivity contribution >= 4 is 35.7 Å². The number of alkyl carbamates (subject to hydrolysis) is 1. The van der Waals surface area contributed by atoms with Crippen LogP contribution in [0.5, 0.6) is 0 Å². The maximum absolute atomic E-state index is 13.1. The number of amides is 5. The third-order valence-electron chi connectivity index (χ3n) is 6.70. The van der Waals surface area contributed by atoms with Gasteiger partial charge in [-0.15, -0.1) is 5.06 Å². The van der Waals surface area contributed by atoms with Crippen molar-refractivity contribution < 1.29 is 38.3 Å². The summed E-state index contributed by atoms with van der Waals surface area (Å²) in [4.78, 5) is 77.8. The molecule has 230 valence electrons. The van der Waals surface area contributed by atoms with Crippen LogP contribution in [0.3, 0.4) is 0 Å². The highest BCUT2D eigenvalue weighted by atomic mass is 16.7. The summed E-state index contributed by atoms with van der Waals surface area (Å²) in [5.41, 5.74) is 1.44. The number of ether oxygens (including phenoxy) is 1. The molecule has 0 saturated carbocycles. The molecule has 0 aromatic heterocycles. The zero-order valence-corrected chi connectivity index (χ0v) is 24.5. The third kappa shape index (κ3) is 10.3. The van der Waals surface area contributed by atoms with Crippen molar-refractivity contribution in [3.63, 3.8) is 0 Å². The standard InChI is InChI=1S/C29H41N5O8/c1-29(2,3)41-28(40)31-15-8-4-5-11-23(35)33-22(17-19-18-32-21-10-7-6-9-20(19)21)27(39)30-16-14-26(38)42-34-24(36)12-13-25(34)37/h6-7,10,18,20,22,32H,4-5,8-9,11-17H2,1-3H3,(H,30,39)(H,31,40)(H,33,35). The van der Waals surface area contributed by atoms with Gasteiger partial charge in [0.15, 0.2) is 0 Å². The van der Waals surface area contributed by atoms with Gasteiger partial charge in [-0.25, -0.2) is 9.59 Å². The fourth-order valence-electron chi connectivity index (χ4n) is 4.63. The van der Waals surface area contributed by atoms with E-state index in [1.54, 1.807) is 20.8 Å². The van der Waals surface area contributed by atoms with Gasteiger partial charge in [-0.1, -0.05) is 18.6 Å². The van der Waals surface area contributed by atoms with E-state index in [1.807, 2.05) is 24.4 Å². The van der Waals surface area contributed by atoms with Gasteiger partial charge in [-0.3, -0.25) is 19.2 Å². The summed E-state index contributed by atoms with van der Waals surface area (Å²) < 4.78 is 5.19. The monoisotopic (exact) mass is 587 g/mol. The van der Waals surface area contributed by atoms with Gasteiger partial charge in [-0.05, 0) is 58.1 Å². The van der Waals surface area contributed by atoms with Crippen molar-refractivity contribution in [2.45, 2.75) is 90.2 Å². The summed E-state index contributed by atoms with van der Waals surface area (Å²) in [7, 11) is 0. The first-order valence-electron chi connectivity index (χ1n) is 14.4. The molecule has 1 aliphatic carbocycles. The molecule has 1 saturated heterocycles. The first-order chi connectivity index (χ1) is 19.9. The Labute approximate surface area is 245 Å². The molecule has 13 nitrogen and oxygen atoms in total. The van der Waals surface area contributed by atoms with Crippen molar-refractivity contribution in [2.24, 2.45) is 5.92 Å². The molecule has 0 bridgehead atoms. The Balaban J connectivity index is 1.45. The number of allylic oxidation sites excluding steroid dienone is 4. The normalized spacial score (nSPS) is 18.4. The number of unbranched alkanes of at least 4 members (excludes halogenated alkanes) is 2. The molecule has 0 aromatic rings. The minimum atomic E-state index is -0.873. The van der Waals surface area contributed by atoms with Crippen LogP contribution in [0.15, 0.2) is 35.7 Å². The van der Waals surface area contributed by atoms with E-state index in [9.17, 15) is 28.8 Å². The van der Waals surface area contributed by atoms with Crippen LogP contribution < -0.4 is 21.3 Å². The second-order valence-corrected chi connectivity index (χ2v) is 11.4. The molecule has 2 unspecified atom stereocenters. The Hall–Kier alpha value is -4.16. The minimum Gasteiger partial charge on any atom is -0.444 e. The molecule has 2 atom stereocenters. The number of hydrogen-bond donors (Lipinski definition) is 4. The fourth-order valence-corrected chi connectivity index (χ4v) is 4.63. The van der Waals surface area contributed by atoms with Gasteiger partial charge < -0.3 is 30.8 Å². The largest absolute Gasteiger partial charge is 0.444 e. The minimum absolute atomic E-state index is 0.00834. The van der Waals surface area contributed by atoms with E-state index in [4.69, 9.17) is 9.57 Å². The number of carbonyl (C=O) groups excluding carboxylic acids is 6. The quantitative estimate of drug-likeness (QED) is 0.175. The van der Waals surface area contributed by atoms with E-state index < -0.39 is 41.4 Å². The molecule has 2 aliphatic heterocycles. The van der Waals surface area contributed by atoms with Crippen molar-refractivity contribution in [3.05, 3.63) is 35.7 Å². The maximum Gasteiger partial charge on any atom is 0.407 e. The van der Waals surface area contributed by atoms with Crippen LogP contribution in [-0.4, -0.2) is 65.5 Å². The lowest BCUT2D eigenvalue weighted by Gasteiger charge is -2.22. The number of fused-ring (bicyclic) bond motifs is 1. The van der Waals surface area contributed by atoms with Crippen LogP contribution in [0.2, 0.25) is 0 Å². The van der Waals surface area contributed by atoms with E-state index in [0.717, 1.165) is 17.7 Å². The lowest BCUT2D eigenvalue weighted by molar-refractivity contribution is -0.197. The molecule has 0 radical (unpaired) electrons. The Morgan fingerprint density at radius 1 is 1.02 bits per heavy atom. The van der Waals surface area contributed by atoms with Crippen LogP contribution in [-0.2, 0) is 33.5 Å². The van der Waals surface area contributed by atoms with Crippen molar-refractivity contribution in [1.82, 2.24) is 26.3 Å². The molecule has 2 heterocycles. The predicted molar refractivity (Wildman–Crippen MR) is 151 cm³/mol. The predicted octanol–water partition coefficient (Wildman–Crippen LogP) is 2.01. The first-order valence-corrected chi connectivity index (χ1v) is 14.4. The van der Waals surface area contributed by atoms with Gasteiger partial charge in [0, 0.05) is 50.2 Å². The number of carbonyl (C=O) groups is 6. The Kier molecular flexibility index (Phi) is 11.7. The number of nitrogens with zero attached hydrogens (tertiary/aromatic N) is 1. The molecule has 3 aliphatic rings. The average molecular weight is 588 g/mol. The van der Waals surface area contributed by atoms with Gasteiger partial charge >= 0.3 is 12.1 Å². The topological polar surface area (TPSA) is 172 Å². The van der Waals surface area contributed by atoms with Crippen LogP contribution in [0.4, 0.5) is 4.79 Å². The maximum atomic E-state index is 13.1. The second-order valence-electron chi connectivity index (χ2n) is 11.4. The van der Waals surface area contributed by atoms with Crippen molar-refractivity contribution in [3.8, 4) is 0 Å². The van der Waals surface area contributed by atoms with Gasteiger partial charge in [-0.2, -0.15) is 0 Å². The molecule has 1 fully saturated rings. The van der Waals surface area contributed by atoms with Gasteiger partial charge in [0.1, 0.15) is 11.6 Å². The fraction of sp³-hybridized carbons (Fsp3) is 0.586. The SMILES string of the molecule is CC(C)(C)OC(=O)NCCCCCC(=O)NC(CC1=CNC2=CC=CCC12)C(=O)NCCC(=O)ON1C(=O)CCC1=O. The zero-order valence-electron chi connectivity index (χ0n) is 24.5. The van der Waals surface area contributed by atoms with Crippen LogP contribution >= 0.6 is 0 Å². The second kappa shape index (κ2) is 15.2. The van der Waals surface area contributed by atoms with Crippen LogP contribution in [0.1, 0.15) is 78.6 Å². The molecule has 5 amide bonds. The highest BCUT2D eigenvalue weighted by Gasteiger charge is 2.33. The third-order valence-corrected chi connectivity index (χ3v) is 6.70. The number of hydroxylamine groups is 2. The zero-order chi connectivity index (χ0) is 30.7. The van der Waals surface area contributed by atoms with Crippen LogP contribution in [0, 0.1) is 5.92 Å². The molecule has 3 rings (SSSR count). The summed E-state index contributed by atoms with van der Waals surface area (Å²) >= 11 is 0.